The van der Waals surface area contributed by atoms with Crippen molar-refractivity contribution in [1.82, 2.24) is 0 Å². The van der Waals surface area contributed by atoms with Crippen LogP contribution in [0.4, 0.5) is 11.4 Å². The van der Waals surface area contributed by atoms with Crippen molar-refractivity contribution in [2.75, 3.05) is 4.90 Å². The predicted molar refractivity (Wildman–Crippen MR) is 247 cm³/mol. The predicted octanol–water partition coefficient (Wildman–Crippen LogP) is 15.7. The standard InChI is InChI=1S/C56H37NO2/c1-2-11-39-34-40(21-20-36(39)10-1)37-22-27-42(28-23-37)57(43-29-24-38(25-30-43)45-16-9-17-50-48-14-5-8-19-54(48)59-56(45)50)52-32-31-44(46-12-3-4-13-47(46)52)41-26-33-55-51(35-41)49-15-6-7-18-53(49)58-55/h1-29,31-35,43H,30H2. The van der Waals surface area contributed by atoms with Gasteiger partial charge in [0.15, 0.2) is 0 Å². The van der Waals surface area contributed by atoms with Gasteiger partial charge in [0.1, 0.15) is 22.3 Å². The van der Waals surface area contributed by atoms with Crippen LogP contribution in [0.5, 0.6) is 0 Å². The molecule has 2 aromatic heterocycles. The molecule has 0 aliphatic heterocycles. The molecule has 0 saturated heterocycles. The highest BCUT2D eigenvalue weighted by Crippen LogP contribution is 2.43. The first-order chi connectivity index (χ1) is 29.2. The van der Waals surface area contributed by atoms with E-state index in [9.17, 15) is 0 Å². The van der Waals surface area contributed by atoms with Crippen molar-refractivity contribution in [1.29, 1.82) is 0 Å². The molecule has 0 radical (unpaired) electrons. The normalized spacial score (nSPS) is 14.2. The first-order valence-corrected chi connectivity index (χ1v) is 20.3. The van der Waals surface area contributed by atoms with Crippen LogP contribution < -0.4 is 4.90 Å². The monoisotopic (exact) mass is 755 g/mol. The lowest BCUT2D eigenvalue weighted by Gasteiger charge is -2.34. The van der Waals surface area contributed by atoms with Crippen LogP contribution in [0.25, 0.3) is 93.2 Å². The number of anilines is 2. The summed E-state index contributed by atoms with van der Waals surface area (Å²) in [7, 11) is 0. The van der Waals surface area contributed by atoms with E-state index in [2.05, 4.69) is 193 Å². The Morgan fingerprint density at radius 2 is 1.08 bits per heavy atom. The molecule has 1 aliphatic rings. The van der Waals surface area contributed by atoms with Crippen molar-refractivity contribution in [2.24, 2.45) is 0 Å². The molecule has 59 heavy (non-hydrogen) atoms. The smallest absolute Gasteiger partial charge is 0.143 e. The fourth-order valence-electron chi connectivity index (χ4n) is 9.31. The van der Waals surface area contributed by atoms with Crippen LogP contribution in [0.1, 0.15) is 12.0 Å². The van der Waals surface area contributed by atoms with E-state index in [0.29, 0.717) is 0 Å². The topological polar surface area (TPSA) is 29.5 Å². The molecule has 0 N–H and O–H groups in total. The zero-order valence-corrected chi connectivity index (χ0v) is 32.2. The van der Waals surface area contributed by atoms with Gasteiger partial charge in [-0.2, -0.15) is 0 Å². The van der Waals surface area contributed by atoms with Gasteiger partial charge in [-0.25, -0.2) is 0 Å². The summed E-state index contributed by atoms with van der Waals surface area (Å²) >= 11 is 0. The number of para-hydroxylation sites is 3. The molecule has 0 fully saturated rings. The Hall–Kier alpha value is -7.62. The van der Waals surface area contributed by atoms with Crippen molar-refractivity contribution in [3.63, 3.8) is 0 Å². The van der Waals surface area contributed by atoms with Crippen molar-refractivity contribution in [3.8, 4) is 22.3 Å². The second-order valence-corrected chi connectivity index (χ2v) is 15.6. The highest BCUT2D eigenvalue weighted by molar-refractivity contribution is 6.11. The summed E-state index contributed by atoms with van der Waals surface area (Å²) in [6.45, 7) is 0. The Morgan fingerprint density at radius 3 is 1.90 bits per heavy atom. The zero-order chi connectivity index (χ0) is 38.9. The fourth-order valence-corrected chi connectivity index (χ4v) is 9.31. The molecule has 1 unspecified atom stereocenters. The van der Waals surface area contributed by atoms with Gasteiger partial charge in [0.25, 0.3) is 0 Å². The number of allylic oxidation sites excluding steroid dienone is 2. The number of furan rings is 2. The minimum Gasteiger partial charge on any atom is -0.456 e. The number of rotatable bonds is 6. The molecule has 0 saturated carbocycles. The Balaban J connectivity index is 0.970. The summed E-state index contributed by atoms with van der Waals surface area (Å²) in [5, 5.41) is 9.47. The number of hydrogen-bond acceptors (Lipinski definition) is 3. The average molecular weight is 756 g/mol. The minimum absolute atomic E-state index is 0.0723. The van der Waals surface area contributed by atoms with Gasteiger partial charge in [-0.05, 0) is 98.9 Å². The van der Waals surface area contributed by atoms with E-state index in [1.165, 1.54) is 55.1 Å². The highest BCUT2D eigenvalue weighted by Gasteiger charge is 2.24. The maximum Gasteiger partial charge on any atom is 0.143 e. The summed E-state index contributed by atoms with van der Waals surface area (Å²) in [6.07, 6.45) is 7.86. The van der Waals surface area contributed by atoms with Gasteiger partial charge in [0, 0.05) is 43.9 Å². The molecule has 0 spiro atoms. The molecule has 2 heterocycles. The van der Waals surface area contributed by atoms with Crippen LogP contribution in [0.15, 0.2) is 215 Å². The summed E-state index contributed by atoms with van der Waals surface area (Å²) < 4.78 is 12.7. The number of benzene rings is 9. The SMILES string of the molecule is C1=CC(N(c2ccc(-c3ccc4ccccc4c3)cc2)c2ccc(-c3ccc4oc5ccccc5c4c3)c3ccccc23)CC=C1c1cccc2c1oc1ccccc12. The summed E-state index contributed by atoms with van der Waals surface area (Å²) in [5.41, 5.74) is 13.1. The lowest BCUT2D eigenvalue weighted by atomic mass is 9.92. The maximum absolute atomic E-state index is 6.47. The summed E-state index contributed by atoms with van der Waals surface area (Å²) in [4.78, 5) is 2.52. The Labute approximate surface area is 341 Å². The Morgan fingerprint density at radius 1 is 0.424 bits per heavy atom. The first kappa shape index (κ1) is 33.5. The van der Waals surface area contributed by atoms with Crippen LogP contribution in [0, 0.1) is 0 Å². The highest BCUT2D eigenvalue weighted by atomic mass is 16.3. The van der Waals surface area contributed by atoms with E-state index in [1.54, 1.807) is 0 Å². The molecule has 0 bridgehead atoms. The lowest BCUT2D eigenvalue weighted by molar-refractivity contribution is 0.667. The van der Waals surface area contributed by atoms with E-state index in [1.807, 2.05) is 18.2 Å². The second-order valence-electron chi connectivity index (χ2n) is 15.6. The number of fused-ring (bicyclic) bond motifs is 8. The molecule has 3 nitrogen and oxygen atoms in total. The average Bonchev–Trinajstić information content (AvgIpc) is 3.88. The largest absolute Gasteiger partial charge is 0.456 e. The van der Waals surface area contributed by atoms with E-state index in [-0.39, 0.29) is 6.04 Å². The van der Waals surface area contributed by atoms with Gasteiger partial charge in [0.05, 0.1) is 6.04 Å². The van der Waals surface area contributed by atoms with Crippen molar-refractivity contribution in [3.05, 3.63) is 212 Å². The van der Waals surface area contributed by atoms with Crippen LogP contribution >= 0.6 is 0 Å². The molecule has 1 aliphatic carbocycles. The first-order valence-electron chi connectivity index (χ1n) is 20.3. The van der Waals surface area contributed by atoms with Crippen molar-refractivity contribution < 1.29 is 8.83 Å². The van der Waals surface area contributed by atoms with Crippen molar-refractivity contribution in [2.45, 2.75) is 12.5 Å². The van der Waals surface area contributed by atoms with Gasteiger partial charge in [-0.15, -0.1) is 0 Å². The molecule has 0 amide bonds. The van der Waals surface area contributed by atoms with Gasteiger partial charge in [-0.1, -0.05) is 158 Å². The van der Waals surface area contributed by atoms with Crippen LogP contribution in [0.2, 0.25) is 0 Å². The van der Waals surface area contributed by atoms with Gasteiger partial charge in [0.2, 0.25) is 0 Å². The number of hydrogen-bond donors (Lipinski definition) is 0. The summed E-state index contributed by atoms with van der Waals surface area (Å²) in [6, 6.07) is 67.6. The fraction of sp³-hybridized carbons (Fsp3) is 0.0357. The van der Waals surface area contributed by atoms with E-state index >= 15 is 0 Å². The molecule has 278 valence electrons. The van der Waals surface area contributed by atoms with Gasteiger partial charge < -0.3 is 13.7 Å². The Bertz CT molecular complexity index is 3490. The Kier molecular flexibility index (Phi) is 7.67. The molecular weight excluding hydrogens is 719 g/mol. The summed E-state index contributed by atoms with van der Waals surface area (Å²) in [5.74, 6) is 0. The maximum atomic E-state index is 6.47. The molecule has 9 aromatic carbocycles. The van der Waals surface area contributed by atoms with Crippen molar-refractivity contribution >= 4 is 82.4 Å². The third-order valence-corrected chi connectivity index (χ3v) is 12.2. The molecular formula is C56H37NO2. The molecule has 3 heteroatoms. The second kappa shape index (κ2) is 13.5. The third-order valence-electron chi connectivity index (χ3n) is 12.2. The minimum atomic E-state index is 0.0723. The molecule has 11 aromatic rings. The van der Waals surface area contributed by atoms with Crippen LogP contribution in [-0.2, 0) is 0 Å². The molecule has 12 rings (SSSR count). The van der Waals surface area contributed by atoms with Crippen LogP contribution in [0.3, 0.4) is 0 Å². The zero-order valence-electron chi connectivity index (χ0n) is 32.2. The van der Waals surface area contributed by atoms with E-state index < -0.39 is 0 Å². The quantitative estimate of drug-likeness (QED) is 0.169. The van der Waals surface area contributed by atoms with Gasteiger partial charge in [-0.3, -0.25) is 0 Å². The molecule has 1 atom stereocenters. The van der Waals surface area contributed by atoms with E-state index in [4.69, 9.17) is 8.83 Å². The number of nitrogens with zero attached hydrogens (tertiary/aromatic N) is 1. The lowest BCUT2D eigenvalue weighted by Crippen LogP contribution is -2.30. The van der Waals surface area contributed by atoms with E-state index in [0.717, 1.165) is 61.5 Å². The third kappa shape index (κ3) is 5.58. The van der Waals surface area contributed by atoms with Crippen LogP contribution in [-0.4, -0.2) is 6.04 Å². The van der Waals surface area contributed by atoms with Gasteiger partial charge >= 0.3 is 0 Å².